The second-order valence-corrected chi connectivity index (χ2v) is 12.6. The van der Waals surface area contributed by atoms with Crippen LogP contribution in [-0.4, -0.2) is 47.1 Å². The molecule has 0 radical (unpaired) electrons. The van der Waals surface area contributed by atoms with E-state index in [1.54, 1.807) is 11.9 Å². The summed E-state index contributed by atoms with van der Waals surface area (Å²) in [6.45, 7) is 5.87. The van der Waals surface area contributed by atoms with Crippen molar-refractivity contribution in [2.75, 3.05) is 7.05 Å². The maximum Gasteiger partial charge on any atom is 0.326 e. The summed E-state index contributed by atoms with van der Waals surface area (Å²) in [4.78, 5) is 27.6. The average molecular weight is 578 g/mol. The minimum absolute atomic E-state index is 0.0212. The zero-order valence-corrected chi connectivity index (χ0v) is 23.7. The molecule has 4 rings (SSSR count). The topological polar surface area (TPSA) is 93.4 Å². The highest BCUT2D eigenvalue weighted by Crippen LogP contribution is 2.56. The summed E-state index contributed by atoms with van der Waals surface area (Å²) in [5.74, 6) is -4.86. The molecule has 1 amide bonds. The van der Waals surface area contributed by atoms with Gasteiger partial charge in [-0.15, -0.1) is 0 Å². The van der Waals surface area contributed by atoms with E-state index < -0.39 is 53.0 Å². The third-order valence-electron chi connectivity index (χ3n) is 7.87. The first-order valence-electron chi connectivity index (χ1n) is 12.8. The second kappa shape index (κ2) is 10.7. The van der Waals surface area contributed by atoms with Gasteiger partial charge in [0.05, 0.1) is 17.1 Å². The number of carbonyl (C=O) groups excluding carboxylic acids is 1. The van der Waals surface area contributed by atoms with Gasteiger partial charge in [0, 0.05) is 22.5 Å². The number of aliphatic carboxylic acids is 1. The van der Waals surface area contributed by atoms with Crippen molar-refractivity contribution < 1.29 is 23.5 Å². The van der Waals surface area contributed by atoms with E-state index in [-0.39, 0.29) is 32.5 Å². The molecule has 5 atom stereocenters. The van der Waals surface area contributed by atoms with Crippen LogP contribution in [0.2, 0.25) is 10.0 Å². The second-order valence-electron chi connectivity index (χ2n) is 11.8. The number of likely N-dealkylation sites (tertiary alicyclic amines) is 1. The summed E-state index contributed by atoms with van der Waals surface area (Å²) in [5, 5.41) is 23.3. The summed E-state index contributed by atoms with van der Waals surface area (Å²) < 4.78 is 31.5. The van der Waals surface area contributed by atoms with E-state index in [0.29, 0.717) is 19.3 Å². The molecule has 0 bridgehead atoms. The summed E-state index contributed by atoms with van der Waals surface area (Å²) in [5.41, 5.74) is -2.19. The number of carboxylic acids is 1. The fourth-order valence-electron chi connectivity index (χ4n) is 6.03. The highest BCUT2D eigenvalue weighted by Gasteiger charge is 2.64. The van der Waals surface area contributed by atoms with Crippen molar-refractivity contribution in [3.63, 3.8) is 0 Å². The van der Waals surface area contributed by atoms with E-state index in [1.165, 1.54) is 30.3 Å². The van der Waals surface area contributed by atoms with Crippen LogP contribution in [0.3, 0.4) is 0 Å². The van der Waals surface area contributed by atoms with Crippen molar-refractivity contribution in [2.45, 2.75) is 69.5 Å². The number of nitriles is 1. The Morgan fingerprint density at radius 1 is 1.23 bits per heavy atom. The molecule has 1 aliphatic carbocycles. The van der Waals surface area contributed by atoms with Gasteiger partial charge in [0.15, 0.2) is 0 Å². The van der Waals surface area contributed by atoms with Crippen LogP contribution < -0.4 is 5.32 Å². The molecule has 2 aromatic rings. The molecule has 2 N–H and O–H groups in total. The first kappa shape index (κ1) is 29.3. The van der Waals surface area contributed by atoms with Gasteiger partial charge in [-0.05, 0) is 61.4 Å². The van der Waals surface area contributed by atoms with Gasteiger partial charge in [-0.1, -0.05) is 62.2 Å². The van der Waals surface area contributed by atoms with Gasteiger partial charge < -0.3 is 10.4 Å². The van der Waals surface area contributed by atoms with Gasteiger partial charge >= 0.3 is 5.97 Å². The van der Waals surface area contributed by atoms with Crippen LogP contribution in [0.1, 0.15) is 57.1 Å². The molecule has 1 heterocycles. The first-order chi connectivity index (χ1) is 18.2. The minimum Gasteiger partial charge on any atom is -0.480 e. The minimum atomic E-state index is -1.76. The molecule has 208 valence electrons. The third-order valence-corrected chi connectivity index (χ3v) is 8.40. The van der Waals surface area contributed by atoms with Crippen molar-refractivity contribution in [1.29, 1.82) is 5.26 Å². The van der Waals surface area contributed by atoms with E-state index in [9.17, 15) is 20.0 Å². The number of nitrogens with zero attached hydrogens (tertiary/aromatic N) is 2. The van der Waals surface area contributed by atoms with Crippen LogP contribution in [0.4, 0.5) is 8.78 Å². The molecule has 0 spiro atoms. The predicted molar refractivity (Wildman–Crippen MR) is 145 cm³/mol. The summed E-state index contributed by atoms with van der Waals surface area (Å²) >= 11 is 12.2. The molecule has 2 aliphatic rings. The van der Waals surface area contributed by atoms with Crippen LogP contribution in [0.5, 0.6) is 0 Å². The van der Waals surface area contributed by atoms with Crippen LogP contribution in [-0.2, 0) is 15.0 Å². The van der Waals surface area contributed by atoms with E-state index in [4.69, 9.17) is 23.2 Å². The van der Waals surface area contributed by atoms with Crippen LogP contribution in [0.25, 0.3) is 0 Å². The molecule has 1 aliphatic heterocycles. The summed E-state index contributed by atoms with van der Waals surface area (Å²) in [6, 6.07) is 7.49. The molecule has 2 aromatic carbocycles. The van der Waals surface area contributed by atoms with E-state index in [0.717, 1.165) is 6.07 Å². The maximum atomic E-state index is 15.8. The zero-order valence-electron chi connectivity index (χ0n) is 22.1. The maximum absolute atomic E-state index is 15.8. The Hall–Kier alpha value is -2.73. The lowest BCUT2D eigenvalue weighted by atomic mass is 9.62. The van der Waals surface area contributed by atoms with E-state index in [2.05, 4.69) is 11.4 Å². The van der Waals surface area contributed by atoms with Crippen molar-refractivity contribution in [2.24, 2.45) is 11.3 Å². The molecule has 0 aromatic heterocycles. The van der Waals surface area contributed by atoms with Gasteiger partial charge in [-0.25, -0.2) is 13.6 Å². The Kier molecular flexibility index (Phi) is 8.01. The van der Waals surface area contributed by atoms with E-state index >= 15 is 8.78 Å². The third kappa shape index (κ3) is 5.37. The summed E-state index contributed by atoms with van der Waals surface area (Å²) in [6.07, 6.45) is 1.66. The molecule has 6 nitrogen and oxygen atoms in total. The molecular formula is C29H31Cl2F2N3O3. The van der Waals surface area contributed by atoms with Gasteiger partial charge in [0.2, 0.25) is 5.91 Å². The molecule has 1 saturated carbocycles. The first-order valence-corrected chi connectivity index (χ1v) is 13.5. The van der Waals surface area contributed by atoms with Crippen molar-refractivity contribution in [3.05, 3.63) is 69.2 Å². The summed E-state index contributed by atoms with van der Waals surface area (Å²) in [7, 11) is 1.63. The highest BCUT2D eigenvalue weighted by molar-refractivity contribution is 6.31. The Morgan fingerprint density at radius 2 is 1.90 bits per heavy atom. The number of nitrogens with one attached hydrogen (secondary N) is 1. The number of hydrogen-bond donors (Lipinski definition) is 2. The number of carboxylic acid groups (broad SMARTS) is 1. The Bertz CT molecular complexity index is 1340. The molecule has 0 unspecified atom stereocenters. The van der Waals surface area contributed by atoms with Crippen LogP contribution in [0.15, 0.2) is 36.4 Å². The fraction of sp³-hybridized carbons (Fsp3) is 0.483. The highest BCUT2D eigenvalue weighted by atomic mass is 35.5. The Morgan fingerprint density at radius 3 is 2.44 bits per heavy atom. The SMILES string of the molecule is CN1[C@@H](CC(C)(C)C)[C@](C#N)(c2ccc(Cl)cc2F)[C@@H](c2cccc(Cl)c2F)[C@@H]1C(=O)N[C@@H](C(=O)O)C1CC1. The Balaban J connectivity index is 2.00. The lowest BCUT2D eigenvalue weighted by Crippen LogP contribution is -2.52. The van der Waals surface area contributed by atoms with Crippen LogP contribution in [0, 0.1) is 34.3 Å². The number of amides is 1. The molecule has 1 saturated heterocycles. The van der Waals surface area contributed by atoms with Crippen LogP contribution >= 0.6 is 23.2 Å². The van der Waals surface area contributed by atoms with Crippen molar-refractivity contribution in [3.8, 4) is 6.07 Å². The number of rotatable bonds is 7. The van der Waals surface area contributed by atoms with E-state index in [1.807, 2.05) is 20.8 Å². The van der Waals surface area contributed by atoms with Gasteiger partial charge in [-0.2, -0.15) is 5.26 Å². The van der Waals surface area contributed by atoms with Crippen molar-refractivity contribution >= 4 is 35.1 Å². The number of benzene rings is 2. The zero-order chi connectivity index (χ0) is 28.9. The molecule has 10 heteroatoms. The monoisotopic (exact) mass is 577 g/mol. The molecule has 2 fully saturated rings. The Labute approximate surface area is 236 Å². The quantitative estimate of drug-likeness (QED) is 0.426. The number of carbonyl (C=O) groups is 2. The van der Waals surface area contributed by atoms with Gasteiger partial charge in [0.1, 0.15) is 23.1 Å². The number of hydrogen-bond acceptors (Lipinski definition) is 4. The largest absolute Gasteiger partial charge is 0.480 e. The average Bonchev–Trinajstić information content (AvgIpc) is 3.65. The normalized spacial score (nSPS) is 26.2. The van der Waals surface area contributed by atoms with Gasteiger partial charge in [0.25, 0.3) is 0 Å². The van der Waals surface area contributed by atoms with Gasteiger partial charge in [-0.3, -0.25) is 9.69 Å². The molecular weight excluding hydrogens is 547 g/mol. The fourth-order valence-corrected chi connectivity index (χ4v) is 6.37. The lowest BCUT2D eigenvalue weighted by molar-refractivity contribution is -0.143. The lowest BCUT2D eigenvalue weighted by Gasteiger charge is -2.38. The smallest absolute Gasteiger partial charge is 0.326 e. The predicted octanol–water partition coefficient (Wildman–Crippen LogP) is 5.91. The molecule has 39 heavy (non-hydrogen) atoms. The number of halogens is 4. The van der Waals surface area contributed by atoms with Crippen molar-refractivity contribution in [1.82, 2.24) is 10.2 Å². The standard InChI is InChI=1S/C29H31Cl2F2N3O3/c1-28(2,3)13-21-29(14-34,18-11-10-16(30)12-20(18)32)22(17-6-5-7-19(31)23(17)33)25(36(21)4)26(37)35-24(27(38)39)15-8-9-15/h5-7,10-12,15,21-22,24-25H,8-9,13H2,1-4H3,(H,35,37)(H,38,39)/t21-,22-,24+,25+,29-/m0/s1. The number of likely N-dealkylation sites (N-methyl/N-ethyl adjacent to an activating group) is 1.